The lowest BCUT2D eigenvalue weighted by Gasteiger charge is -2.44. The average Bonchev–Trinajstić information content (AvgIpc) is 2.86. The van der Waals surface area contributed by atoms with Crippen molar-refractivity contribution < 1.29 is 24.2 Å². The number of aliphatic hydroxyl groups is 1. The Morgan fingerprint density at radius 3 is 2.13 bits per heavy atom. The molecule has 39 heavy (non-hydrogen) atoms. The Labute approximate surface area is 232 Å². The molecule has 0 heterocycles. The van der Waals surface area contributed by atoms with Gasteiger partial charge in [0.15, 0.2) is 0 Å². The van der Waals surface area contributed by atoms with Gasteiger partial charge in [-0.15, -0.1) is 6.42 Å². The largest absolute Gasteiger partial charge is 0.444 e. The molecule has 0 aliphatic rings. The lowest BCUT2D eigenvalue weighted by Crippen LogP contribution is -2.59. The van der Waals surface area contributed by atoms with Gasteiger partial charge in [-0.25, -0.2) is 4.79 Å². The molecule has 0 aliphatic carbocycles. The molecule has 8 heteroatoms. The summed E-state index contributed by atoms with van der Waals surface area (Å²) < 4.78 is 5.31. The molecule has 2 aromatic carbocycles. The number of terminal acetylenes is 1. The zero-order valence-electron chi connectivity index (χ0n) is 24.2. The second-order valence-electron chi connectivity index (χ2n) is 11.1. The minimum atomic E-state index is -1.36. The molecule has 3 amide bonds. The van der Waals surface area contributed by atoms with Crippen LogP contribution in [0.15, 0.2) is 42.5 Å². The number of para-hydroxylation sites is 1. The first kappa shape index (κ1) is 31.4. The van der Waals surface area contributed by atoms with Crippen LogP contribution in [0.25, 0.3) is 0 Å². The number of amides is 3. The van der Waals surface area contributed by atoms with E-state index in [4.69, 9.17) is 11.2 Å². The first-order valence-corrected chi connectivity index (χ1v) is 13.0. The van der Waals surface area contributed by atoms with E-state index in [0.29, 0.717) is 23.2 Å². The van der Waals surface area contributed by atoms with Crippen LogP contribution in [0, 0.1) is 26.2 Å². The molecule has 2 unspecified atom stereocenters. The maximum absolute atomic E-state index is 14.2. The molecular formula is C31H41N3O5. The maximum Gasteiger partial charge on any atom is 0.408 e. The van der Waals surface area contributed by atoms with Crippen LogP contribution in [-0.2, 0) is 14.3 Å². The lowest BCUT2D eigenvalue weighted by molar-refractivity contribution is -0.148. The molecule has 2 aromatic rings. The number of aryl methyl sites for hydroxylation is 2. The summed E-state index contributed by atoms with van der Waals surface area (Å²) in [5, 5.41) is 15.7. The van der Waals surface area contributed by atoms with Crippen LogP contribution in [0.4, 0.5) is 10.5 Å². The number of rotatable bonds is 9. The van der Waals surface area contributed by atoms with Crippen molar-refractivity contribution >= 4 is 23.6 Å². The molecule has 0 saturated carbocycles. The van der Waals surface area contributed by atoms with E-state index in [0.717, 1.165) is 11.1 Å². The van der Waals surface area contributed by atoms with Crippen molar-refractivity contribution in [1.82, 2.24) is 10.2 Å². The van der Waals surface area contributed by atoms with Crippen molar-refractivity contribution in [2.24, 2.45) is 0 Å². The second kappa shape index (κ2) is 12.8. The molecular weight excluding hydrogens is 494 g/mol. The normalized spacial score (nSPS) is 13.0. The number of carbonyl (C=O) groups excluding carboxylic acids is 3. The van der Waals surface area contributed by atoms with Crippen molar-refractivity contribution in [3.05, 3.63) is 64.7 Å². The highest BCUT2D eigenvalue weighted by molar-refractivity contribution is 6.00. The van der Waals surface area contributed by atoms with Gasteiger partial charge in [-0.3, -0.25) is 9.59 Å². The van der Waals surface area contributed by atoms with Gasteiger partial charge in [0.2, 0.25) is 5.91 Å². The number of anilines is 1. The molecule has 0 fully saturated rings. The van der Waals surface area contributed by atoms with Crippen molar-refractivity contribution in [3.63, 3.8) is 0 Å². The molecule has 210 valence electrons. The number of benzene rings is 2. The molecule has 3 N–H and O–H groups in total. The van der Waals surface area contributed by atoms with E-state index in [9.17, 15) is 19.5 Å². The molecule has 0 radical (unpaired) electrons. The van der Waals surface area contributed by atoms with E-state index in [1.807, 2.05) is 52.8 Å². The van der Waals surface area contributed by atoms with Crippen LogP contribution in [0.5, 0.6) is 0 Å². The Bertz CT molecular complexity index is 1220. The van der Waals surface area contributed by atoms with E-state index in [1.165, 1.54) is 4.90 Å². The van der Waals surface area contributed by atoms with Crippen molar-refractivity contribution in [1.29, 1.82) is 0 Å². The van der Waals surface area contributed by atoms with Crippen molar-refractivity contribution in [2.75, 3.05) is 11.9 Å². The van der Waals surface area contributed by atoms with E-state index in [1.54, 1.807) is 45.0 Å². The van der Waals surface area contributed by atoms with Crippen molar-refractivity contribution in [3.8, 4) is 12.3 Å². The molecule has 2 atom stereocenters. The number of carbonyl (C=O) groups is 3. The van der Waals surface area contributed by atoms with Gasteiger partial charge < -0.3 is 25.4 Å². The predicted molar refractivity (Wildman–Crippen MR) is 153 cm³/mol. The molecule has 0 bridgehead atoms. The fraction of sp³-hybridized carbons (Fsp3) is 0.452. The highest BCUT2D eigenvalue weighted by Gasteiger charge is 2.43. The summed E-state index contributed by atoms with van der Waals surface area (Å²) in [5.41, 5.74) is 1.56. The van der Waals surface area contributed by atoms with E-state index >= 15 is 0 Å². The summed E-state index contributed by atoms with van der Waals surface area (Å²) in [4.78, 5) is 42.3. The standard InChI is InChI=1S/C31H41N3O5/c1-10-22-17-12-13-18-23(22)26(27(36)33-25-20(3)15-14-16-21(25)4)34(31(8,9)11-2)28(37)24(19-35)32-29(38)39-30(5,6)7/h1,12-18,24,26,35H,11,19H2,2-9H3,(H,32,38)(H,33,36). The van der Waals surface area contributed by atoms with Crippen LogP contribution in [0.1, 0.15) is 76.3 Å². The Kier molecular flexibility index (Phi) is 10.3. The number of hydrogen-bond donors (Lipinski definition) is 3. The SMILES string of the molecule is C#Cc1ccccc1C(C(=O)Nc1c(C)cccc1C)N(C(=O)C(CO)NC(=O)OC(C)(C)C)C(C)(C)CC. The van der Waals surface area contributed by atoms with Crippen LogP contribution in [-0.4, -0.2) is 51.7 Å². The molecule has 0 aliphatic heterocycles. The number of ether oxygens (including phenoxy) is 1. The average molecular weight is 536 g/mol. The summed E-state index contributed by atoms with van der Waals surface area (Å²) >= 11 is 0. The molecule has 2 rings (SSSR count). The topological polar surface area (TPSA) is 108 Å². The number of aliphatic hydroxyl groups excluding tert-OH is 1. The lowest BCUT2D eigenvalue weighted by atomic mass is 9.90. The predicted octanol–water partition coefficient (Wildman–Crippen LogP) is 4.87. The Balaban J connectivity index is 2.69. The van der Waals surface area contributed by atoms with E-state index < -0.39 is 47.7 Å². The van der Waals surface area contributed by atoms with Gasteiger partial charge in [-0.1, -0.05) is 49.2 Å². The van der Waals surface area contributed by atoms with Gasteiger partial charge in [-0.05, 0) is 77.6 Å². The fourth-order valence-corrected chi connectivity index (χ4v) is 4.22. The minimum absolute atomic E-state index is 0.449. The van der Waals surface area contributed by atoms with Gasteiger partial charge in [0.05, 0.1) is 6.61 Å². The van der Waals surface area contributed by atoms with E-state index in [2.05, 4.69) is 16.6 Å². The third-order valence-electron chi connectivity index (χ3n) is 6.57. The van der Waals surface area contributed by atoms with Crippen molar-refractivity contribution in [2.45, 2.75) is 85.0 Å². The van der Waals surface area contributed by atoms with Crippen LogP contribution in [0.3, 0.4) is 0 Å². The smallest absolute Gasteiger partial charge is 0.408 e. The Morgan fingerprint density at radius 1 is 1.03 bits per heavy atom. The summed E-state index contributed by atoms with van der Waals surface area (Å²) in [6.45, 7) is 13.7. The number of nitrogens with one attached hydrogen (secondary N) is 2. The summed E-state index contributed by atoms with van der Waals surface area (Å²) in [7, 11) is 0. The molecule has 0 saturated heterocycles. The van der Waals surface area contributed by atoms with Gasteiger partial charge in [0.25, 0.3) is 5.91 Å². The summed E-state index contributed by atoms with van der Waals surface area (Å²) in [6, 6.07) is 10.1. The number of alkyl carbamates (subject to hydrolysis) is 1. The van der Waals surface area contributed by atoms with Gasteiger partial charge in [-0.2, -0.15) is 0 Å². The minimum Gasteiger partial charge on any atom is -0.444 e. The number of nitrogens with zero attached hydrogens (tertiary/aromatic N) is 1. The molecule has 0 aromatic heterocycles. The third kappa shape index (κ3) is 7.84. The number of hydrogen-bond acceptors (Lipinski definition) is 5. The van der Waals surface area contributed by atoms with Gasteiger partial charge >= 0.3 is 6.09 Å². The Morgan fingerprint density at radius 2 is 1.62 bits per heavy atom. The highest BCUT2D eigenvalue weighted by atomic mass is 16.6. The zero-order chi connectivity index (χ0) is 29.5. The summed E-state index contributed by atoms with van der Waals surface area (Å²) in [6.07, 6.45) is 5.43. The van der Waals surface area contributed by atoms with E-state index in [-0.39, 0.29) is 0 Å². The first-order valence-electron chi connectivity index (χ1n) is 13.0. The van der Waals surface area contributed by atoms with Crippen LogP contribution < -0.4 is 10.6 Å². The highest BCUT2D eigenvalue weighted by Crippen LogP contribution is 2.35. The fourth-order valence-electron chi connectivity index (χ4n) is 4.22. The monoisotopic (exact) mass is 535 g/mol. The Hall–Kier alpha value is -3.83. The quantitative estimate of drug-likeness (QED) is 0.397. The molecule has 0 spiro atoms. The first-order chi connectivity index (χ1) is 18.2. The third-order valence-corrected chi connectivity index (χ3v) is 6.57. The summed E-state index contributed by atoms with van der Waals surface area (Å²) in [5.74, 6) is 1.50. The van der Waals surface area contributed by atoms with Gasteiger partial charge in [0.1, 0.15) is 17.7 Å². The van der Waals surface area contributed by atoms with Gasteiger partial charge in [0, 0.05) is 16.8 Å². The van der Waals surface area contributed by atoms with Crippen LogP contribution >= 0.6 is 0 Å². The zero-order valence-corrected chi connectivity index (χ0v) is 24.2. The maximum atomic E-state index is 14.2. The van der Waals surface area contributed by atoms with Crippen LogP contribution in [0.2, 0.25) is 0 Å². The molecule has 8 nitrogen and oxygen atoms in total. The second-order valence-corrected chi connectivity index (χ2v) is 11.1.